The number of anilines is 2. The summed E-state index contributed by atoms with van der Waals surface area (Å²) < 4.78 is 7.75. The number of aromatic nitrogens is 4. The Hall–Kier alpha value is -3.82. The van der Waals surface area contributed by atoms with E-state index in [9.17, 15) is 9.59 Å². The molecule has 0 saturated heterocycles. The first-order valence-electron chi connectivity index (χ1n) is 11.9. The van der Waals surface area contributed by atoms with Crippen LogP contribution >= 0.6 is 23.2 Å². The zero-order chi connectivity index (χ0) is 27.3. The third-order valence-electron chi connectivity index (χ3n) is 6.48. The van der Waals surface area contributed by atoms with Crippen LogP contribution < -0.4 is 20.1 Å². The molecule has 1 aliphatic rings. The monoisotopic (exact) mass is 552 g/mol. The van der Waals surface area contributed by atoms with Crippen molar-refractivity contribution in [1.29, 1.82) is 0 Å². The second kappa shape index (κ2) is 9.81. The Balaban J connectivity index is 1.77. The number of benzene rings is 1. The van der Waals surface area contributed by atoms with E-state index >= 15 is 0 Å². The molecule has 0 aliphatic carbocycles. The van der Waals surface area contributed by atoms with Crippen LogP contribution in [-0.4, -0.2) is 46.6 Å². The van der Waals surface area contributed by atoms with Crippen LogP contribution in [0.15, 0.2) is 53.6 Å². The van der Waals surface area contributed by atoms with E-state index < -0.39 is 11.6 Å². The molecule has 0 spiro atoms. The molecule has 1 aromatic carbocycles. The minimum absolute atomic E-state index is 0.00275. The van der Waals surface area contributed by atoms with Crippen LogP contribution in [-0.2, 0) is 0 Å². The summed E-state index contributed by atoms with van der Waals surface area (Å²) in [6.45, 7) is 4.10. The molecule has 1 amide bonds. The van der Waals surface area contributed by atoms with Crippen molar-refractivity contribution in [3.05, 3.63) is 86.0 Å². The predicted octanol–water partition coefficient (Wildman–Crippen LogP) is 5.35. The zero-order valence-corrected chi connectivity index (χ0v) is 23.0. The largest absolute Gasteiger partial charge is 0.480 e. The quantitative estimate of drug-likeness (QED) is 0.346. The lowest BCUT2D eigenvalue weighted by molar-refractivity contribution is 0.0993. The van der Waals surface area contributed by atoms with Crippen LogP contribution in [0.2, 0.25) is 10.0 Å². The average molecular weight is 553 g/mol. The van der Waals surface area contributed by atoms with Gasteiger partial charge >= 0.3 is 0 Å². The van der Waals surface area contributed by atoms with E-state index in [-0.39, 0.29) is 17.0 Å². The number of hydrogen-bond acceptors (Lipinski definition) is 6. The summed E-state index contributed by atoms with van der Waals surface area (Å²) in [5.74, 6) is 0.687. The maximum atomic E-state index is 14.0. The van der Waals surface area contributed by atoms with Gasteiger partial charge in [0.25, 0.3) is 11.5 Å². The van der Waals surface area contributed by atoms with Crippen LogP contribution in [0.25, 0.3) is 11.3 Å². The third kappa shape index (κ3) is 4.21. The molecule has 0 unspecified atom stereocenters. The fourth-order valence-corrected chi connectivity index (χ4v) is 5.12. The first-order chi connectivity index (χ1) is 18.1. The highest BCUT2D eigenvalue weighted by molar-refractivity contribution is 6.31. The highest BCUT2D eigenvalue weighted by atomic mass is 35.5. The Kier molecular flexibility index (Phi) is 6.66. The molecule has 0 fully saturated rings. The molecule has 4 heterocycles. The SMILES string of the molecule is COc1nc(N(C)C)ncc1-c1cc2c(n1C(C)C)[C@H](c1ccc(Cl)cc1)N(c1c[nH]c(=O)c(Cl)c1)C2=O. The summed E-state index contributed by atoms with van der Waals surface area (Å²) in [6.07, 6.45) is 3.21. The smallest absolute Gasteiger partial charge is 0.266 e. The number of carbonyl (C=O) groups is 1. The van der Waals surface area contributed by atoms with Gasteiger partial charge < -0.3 is 19.2 Å². The van der Waals surface area contributed by atoms with Gasteiger partial charge in [-0.2, -0.15) is 4.98 Å². The van der Waals surface area contributed by atoms with Gasteiger partial charge in [-0.25, -0.2) is 4.98 Å². The number of carbonyl (C=O) groups excluding carboxylic acids is 1. The number of methoxy groups -OCH3 is 1. The van der Waals surface area contributed by atoms with E-state index in [1.165, 1.54) is 12.3 Å². The Morgan fingerprint density at radius 1 is 1.08 bits per heavy atom. The molecule has 196 valence electrons. The van der Waals surface area contributed by atoms with Gasteiger partial charge in [-0.05, 0) is 43.7 Å². The zero-order valence-electron chi connectivity index (χ0n) is 21.5. The second-order valence-electron chi connectivity index (χ2n) is 9.44. The number of halogens is 2. The van der Waals surface area contributed by atoms with Crippen molar-refractivity contribution < 1.29 is 9.53 Å². The van der Waals surface area contributed by atoms with Gasteiger partial charge in [0, 0.05) is 37.6 Å². The summed E-state index contributed by atoms with van der Waals surface area (Å²) in [6, 6.07) is 10.2. The molecular formula is C27H26Cl2N6O3. The van der Waals surface area contributed by atoms with Crippen LogP contribution in [0.3, 0.4) is 0 Å². The van der Waals surface area contributed by atoms with Gasteiger partial charge in [0.15, 0.2) is 0 Å². The molecule has 11 heteroatoms. The molecule has 1 aliphatic heterocycles. The highest BCUT2D eigenvalue weighted by Gasteiger charge is 2.43. The van der Waals surface area contributed by atoms with Crippen molar-refractivity contribution in [2.45, 2.75) is 25.9 Å². The molecule has 38 heavy (non-hydrogen) atoms. The molecule has 0 radical (unpaired) electrons. The van der Waals surface area contributed by atoms with Gasteiger partial charge in [-0.3, -0.25) is 14.5 Å². The minimum Gasteiger partial charge on any atom is -0.480 e. The molecular weight excluding hydrogens is 527 g/mol. The third-order valence-corrected chi connectivity index (χ3v) is 7.01. The number of nitrogens with zero attached hydrogens (tertiary/aromatic N) is 5. The topological polar surface area (TPSA) is 96.3 Å². The predicted molar refractivity (Wildman–Crippen MR) is 149 cm³/mol. The Morgan fingerprint density at radius 2 is 1.79 bits per heavy atom. The molecule has 0 saturated carbocycles. The summed E-state index contributed by atoms with van der Waals surface area (Å²) in [5.41, 5.74) is 3.65. The van der Waals surface area contributed by atoms with Crippen LogP contribution in [0.1, 0.15) is 47.5 Å². The Morgan fingerprint density at radius 3 is 2.39 bits per heavy atom. The number of ether oxygens (including phenoxy) is 1. The van der Waals surface area contributed by atoms with Gasteiger partial charge in [0.1, 0.15) is 11.1 Å². The van der Waals surface area contributed by atoms with E-state index in [0.717, 1.165) is 17.0 Å². The van der Waals surface area contributed by atoms with Crippen molar-refractivity contribution in [2.24, 2.45) is 0 Å². The maximum absolute atomic E-state index is 14.0. The van der Waals surface area contributed by atoms with Crippen LogP contribution in [0.4, 0.5) is 11.6 Å². The number of aromatic amines is 1. The van der Waals surface area contributed by atoms with Crippen molar-refractivity contribution >= 4 is 40.7 Å². The number of rotatable bonds is 6. The lowest BCUT2D eigenvalue weighted by atomic mass is 10.0. The van der Waals surface area contributed by atoms with Gasteiger partial charge in [-0.15, -0.1) is 0 Å². The van der Waals surface area contributed by atoms with Gasteiger partial charge in [0.05, 0.1) is 35.3 Å². The first kappa shape index (κ1) is 25.8. The molecule has 1 N–H and O–H groups in total. The Labute approximate surface area is 229 Å². The average Bonchev–Trinajstić information content (AvgIpc) is 3.41. The summed E-state index contributed by atoms with van der Waals surface area (Å²) >= 11 is 12.4. The van der Waals surface area contributed by atoms with Crippen LogP contribution in [0, 0.1) is 0 Å². The summed E-state index contributed by atoms with van der Waals surface area (Å²) in [7, 11) is 5.27. The minimum atomic E-state index is -0.513. The number of nitrogens with one attached hydrogen (secondary N) is 1. The Bertz CT molecular complexity index is 1590. The normalized spacial score (nSPS) is 14.8. The summed E-state index contributed by atoms with van der Waals surface area (Å²) in [5, 5.41) is 0.580. The number of hydrogen-bond donors (Lipinski definition) is 1. The molecule has 5 rings (SSSR count). The molecule has 9 nitrogen and oxygen atoms in total. The van der Waals surface area contributed by atoms with Crippen molar-refractivity contribution in [1.82, 2.24) is 19.5 Å². The number of H-pyrrole nitrogens is 1. The van der Waals surface area contributed by atoms with Crippen molar-refractivity contribution in [2.75, 3.05) is 31.0 Å². The first-order valence-corrected chi connectivity index (χ1v) is 12.7. The highest BCUT2D eigenvalue weighted by Crippen LogP contribution is 2.47. The lowest BCUT2D eigenvalue weighted by Gasteiger charge is -2.29. The van der Waals surface area contributed by atoms with Gasteiger partial charge in [0.2, 0.25) is 11.8 Å². The fourth-order valence-electron chi connectivity index (χ4n) is 4.83. The van der Waals surface area contributed by atoms with E-state index in [1.54, 1.807) is 35.2 Å². The second-order valence-corrected chi connectivity index (χ2v) is 10.3. The van der Waals surface area contributed by atoms with E-state index in [2.05, 4.69) is 19.5 Å². The number of fused-ring (bicyclic) bond motifs is 1. The summed E-state index contributed by atoms with van der Waals surface area (Å²) in [4.78, 5) is 41.1. The molecule has 1 atom stereocenters. The van der Waals surface area contributed by atoms with Crippen molar-refractivity contribution in [3.8, 4) is 17.1 Å². The lowest BCUT2D eigenvalue weighted by Crippen LogP contribution is -2.30. The molecule has 0 bridgehead atoms. The fraction of sp³-hybridized carbons (Fsp3) is 0.259. The van der Waals surface area contributed by atoms with E-state index in [0.29, 0.717) is 33.7 Å². The maximum Gasteiger partial charge on any atom is 0.266 e. The molecule has 3 aromatic heterocycles. The van der Waals surface area contributed by atoms with Crippen molar-refractivity contribution in [3.63, 3.8) is 0 Å². The standard InChI is InChI=1S/C27H26Cl2N6O3/c1-14(2)34-21(19-13-31-27(33(3)4)32-25(19)38-5)11-18-23(34)22(15-6-8-16(28)9-7-15)35(26(18)37)17-10-20(29)24(36)30-12-17/h6-14,22H,1-5H3,(H,30,36)/t22-/m0/s1. The number of amides is 1. The van der Waals surface area contributed by atoms with Gasteiger partial charge in [-0.1, -0.05) is 35.3 Å². The van der Waals surface area contributed by atoms with E-state index in [1.807, 2.05) is 46.1 Å². The molecule has 4 aromatic rings. The van der Waals surface area contributed by atoms with Crippen LogP contribution in [0.5, 0.6) is 5.88 Å². The van der Waals surface area contributed by atoms with E-state index in [4.69, 9.17) is 27.9 Å². The number of pyridine rings is 1.